The molecule has 0 radical (unpaired) electrons. The minimum Gasteiger partial charge on any atom is -0.493 e. The first-order valence-electron chi connectivity index (χ1n) is 14.0. The van der Waals surface area contributed by atoms with E-state index in [0.717, 1.165) is 49.0 Å². The Bertz CT molecular complexity index is 1260. The van der Waals surface area contributed by atoms with Gasteiger partial charge in [-0.05, 0) is 85.2 Å². The maximum atomic E-state index is 11.1. The highest BCUT2D eigenvalue weighted by molar-refractivity contribution is 5.72. The Morgan fingerprint density at radius 2 is 1.77 bits per heavy atom. The SMILES string of the molecule is CO.Cc1cc(OCC[C@@H]2CCCCO2)cc(C)c1-c1cccc(COc2ccc3c(c2)OCC3CC(=O)O)c1. The van der Waals surface area contributed by atoms with Crippen LogP contribution in [0.4, 0.5) is 0 Å². The predicted molar refractivity (Wildman–Crippen MR) is 154 cm³/mol. The molecule has 0 aromatic heterocycles. The Morgan fingerprint density at radius 1 is 0.975 bits per heavy atom. The van der Waals surface area contributed by atoms with Crippen LogP contribution < -0.4 is 14.2 Å². The number of benzene rings is 3. The molecular formula is C33H40O7. The fraction of sp³-hybridized carbons (Fsp3) is 0.424. The molecule has 2 N–H and O–H groups in total. The number of carboxylic acids is 1. The largest absolute Gasteiger partial charge is 0.493 e. The molecule has 0 aliphatic carbocycles. The van der Waals surface area contributed by atoms with Crippen molar-refractivity contribution in [1.29, 1.82) is 0 Å². The van der Waals surface area contributed by atoms with Crippen LogP contribution in [0.5, 0.6) is 17.2 Å². The Kier molecular flexibility index (Phi) is 10.4. The van der Waals surface area contributed by atoms with Crippen LogP contribution in [0.1, 0.15) is 60.3 Å². The van der Waals surface area contributed by atoms with Gasteiger partial charge in [-0.15, -0.1) is 0 Å². The third-order valence-corrected chi connectivity index (χ3v) is 7.40. The van der Waals surface area contributed by atoms with Crippen molar-refractivity contribution >= 4 is 5.97 Å². The van der Waals surface area contributed by atoms with E-state index in [1.165, 1.54) is 29.5 Å². The summed E-state index contributed by atoms with van der Waals surface area (Å²) in [4.78, 5) is 11.1. The lowest BCUT2D eigenvalue weighted by atomic mass is 9.94. The lowest BCUT2D eigenvalue weighted by Crippen LogP contribution is -2.21. The number of ether oxygens (including phenoxy) is 4. The van der Waals surface area contributed by atoms with E-state index in [0.29, 0.717) is 37.4 Å². The van der Waals surface area contributed by atoms with Gasteiger partial charge < -0.3 is 29.2 Å². The molecule has 0 spiro atoms. The number of aryl methyl sites for hydroxylation is 2. The molecule has 0 amide bonds. The first-order valence-corrected chi connectivity index (χ1v) is 14.0. The van der Waals surface area contributed by atoms with Gasteiger partial charge in [0.2, 0.25) is 0 Å². The van der Waals surface area contributed by atoms with Gasteiger partial charge in [0, 0.05) is 37.7 Å². The zero-order valence-corrected chi connectivity index (χ0v) is 23.7. The summed E-state index contributed by atoms with van der Waals surface area (Å²) in [6.45, 7) is 6.62. The standard InChI is InChI=1S/C32H36O6.CH4O/c1-21-14-28(36-13-11-26-8-3-4-12-35-26)15-22(2)32(21)24-7-5-6-23(16-24)19-37-27-9-10-29-25(17-31(33)34)20-38-30(29)18-27;1-2/h5-7,9-10,14-16,18,25-26H,3-4,8,11-13,17,19-20H2,1-2H3,(H,33,34);2H,1H3/t25?,26-;/m0./s1. The van der Waals surface area contributed by atoms with Crippen LogP contribution >= 0.6 is 0 Å². The Hall–Kier alpha value is -3.55. The average molecular weight is 549 g/mol. The molecule has 2 aliphatic rings. The molecule has 2 aliphatic heterocycles. The fourth-order valence-corrected chi connectivity index (χ4v) is 5.52. The van der Waals surface area contributed by atoms with E-state index in [-0.39, 0.29) is 12.3 Å². The van der Waals surface area contributed by atoms with Gasteiger partial charge in [-0.2, -0.15) is 0 Å². The molecular weight excluding hydrogens is 508 g/mol. The monoisotopic (exact) mass is 548 g/mol. The number of rotatable bonds is 10. The fourth-order valence-electron chi connectivity index (χ4n) is 5.52. The summed E-state index contributed by atoms with van der Waals surface area (Å²) in [7, 11) is 1.00. The minimum absolute atomic E-state index is 0.0708. The van der Waals surface area contributed by atoms with E-state index >= 15 is 0 Å². The quantitative estimate of drug-likeness (QED) is 0.301. The summed E-state index contributed by atoms with van der Waals surface area (Å²) in [6, 6.07) is 18.3. The topological polar surface area (TPSA) is 94.5 Å². The Balaban J connectivity index is 0.00000181. The second-order valence-corrected chi connectivity index (χ2v) is 10.4. The van der Waals surface area contributed by atoms with E-state index in [1.807, 2.05) is 18.2 Å². The molecule has 5 rings (SSSR count). The Labute approximate surface area is 236 Å². The first kappa shape index (κ1) is 29.4. The number of aliphatic carboxylic acids is 1. The number of hydrogen-bond acceptors (Lipinski definition) is 6. The van der Waals surface area contributed by atoms with Crippen LogP contribution in [0.3, 0.4) is 0 Å². The van der Waals surface area contributed by atoms with E-state index in [1.54, 1.807) is 0 Å². The second-order valence-electron chi connectivity index (χ2n) is 10.4. The van der Waals surface area contributed by atoms with Crippen molar-refractivity contribution < 1.29 is 34.0 Å². The maximum absolute atomic E-state index is 11.1. The van der Waals surface area contributed by atoms with Gasteiger partial charge in [0.05, 0.1) is 25.7 Å². The van der Waals surface area contributed by atoms with Crippen LogP contribution in [0.25, 0.3) is 11.1 Å². The van der Waals surface area contributed by atoms with Gasteiger partial charge in [-0.3, -0.25) is 4.79 Å². The van der Waals surface area contributed by atoms with E-state index in [9.17, 15) is 4.79 Å². The molecule has 0 saturated carbocycles. The molecule has 214 valence electrons. The van der Waals surface area contributed by atoms with Gasteiger partial charge in [-0.25, -0.2) is 0 Å². The highest BCUT2D eigenvalue weighted by Gasteiger charge is 2.26. The summed E-state index contributed by atoms with van der Waals surface area (Å²) in [5.41, 5.74) is 6.72. The van der Waals surface area contributed by atoms with Crippen LogP contribution in [0.2, 0.25) is 0 Å². The van der Waals surface area contributed by atoms with Gasteiger partial charge in [0.25, 0.3) is 0 Å². The lowest BCUT2D eigenvalue weighted by molar-refractivity contribution is -0.137. The molecule has 40 heavy (non-hydrogen) atoms. The normalized spacial score (nSPS) is 17.7. The number of hydrogen-bond donors (Lipinski definition) is 2. The summed E-state index contributed by atoms with van der Waals surface area (Å²) in [5, 5.41) is 16.1. The highest BCUT2D eigenvalue weighted by Crippen LogP contribution is 2.38. The maximum Gasteiger partial charge on any atom is 0.304 e. The number of aliphatic hydroxyl groups excluding tert-OH is 1. The van der Waals surface area contributed by atoms with E-state index in [4.69, 9.17) is 29.2 Å². The summed E-state index contributed by atoms with van der Waals surface area (Å²) in [6.07, 6.45) is 4.88. The molecule has 3 aromatic rings. The average Bonchev–Trinajstić information content (AvgIpc) is 3.35. The zero-order chi connectivity index (χ0) is 28.5. The number of fused-ring (bicyclic) bond motifs is 1. The predicted octanol–water partition coefficient (Wildman–Crippen LogP) is 6.45. The van der Waals surface area contributed by atoms with Crippen LogP contribution in [-0.4, -0.2) is 49.2 Å². The molecule has 1 unspecified atom stereocenters. The second kappa shape index (κ2) is 14.2. The summed E-state index contributed by atoms with van der Waals surface area (Å²) >= 11 is 0. The molecule has 1 saturated heterocycles. The van der Waals surface area contributed by atoms with Crippen LogP contribution in [-0.2, 0) is 16.1 Å². The van der Waals surface area contributed by atoms with Crippen molar-refractivity contribution in [1.82, 2.24) is 0 Å². The Morgan fingerprint density at radius 3 is 2.50 bits per heavy atom. The van der Waals surface area contributed by atoms with Crippen LogP contribution in [0, 0.1) is 13.8 Å². The van der Waals surface area contributed by atoms with E-state index < -0.39 is 5.97 Å². The molecule has 1 fully saturated rings. The van der Waals surface area contributed by atoms with E-state index in [2.05, 4.69) is 50.2 Å². The smallest absolute Gasteiger partial charge is 0.304 e. The number of carboxylic acid groups (broad SMARTS) is 1. The summed E-state index contributed by atoms with van der Waals surface area (Å²) < 4.78 is 23.7. The van der Waals surface area contributed by atoms with Gasteiger partial charge >= 0.3 is 5.97 Å². The van der Waals surface area contributed by atoms with Gasteiger partial charge in [0.15, 0.2) is 0 Å². The van der Waals surface area contributed by atoms with Crippen LogP contribution in [0.15, 0.2) is 54.6 Å². The third kappa shape index (κ3) is 7.55. The molecule has 7 nitrogen and oxygen atoms in total. The zero-order valence-electron chi connectivity index (χ0n) is 23.7. The molecule has 0 bridgehead atoms. The first-order chi connectivity index (χ1) is 19.5. The van der Waals surface area contributed by atoms with Gasteiger partial charge in [0.1, 0.15) is 23.9 Å². The molecule has 2 atom stereocenters. The molecule has 3 aromatic carbocycles. The lowest BCUT2D eigenvalue weighted by Gasteiger charge is -2.22. The number of carbonyl (C=O) groups is 1. The van der Waals surface area contributed by atoms with Crippen molar-refractivity contribution in [3.05, 3.63) is 76.9 Å². The van der Waals surface area contributed by atoms with Gasteiger partial charge in [-0.1, -0.05) is 24.3 Å². The van der Waals surface area contributed by atoms with Crippen molar-refractivity contribution in [2.45, 2.75) is 64.6 Å². The third-order valence-electron chi connectivity index (χ3n) is 7.40. The van der Waals surface area contributed by atoms with Crippen molar-refractivity contribution in [2.24, 2.45) is 0 Å². The number of aliphatic hydroxyl groups is 1. The summed E-state index contributed by atoms with van der Waals surface area (Å²) in [5.74, 6) is 1.40. The van der Waals surface area contributed by atoms with Crippen molar-refractivity contribution in [3.8, 4) is 28.4 Å². The van der Waals surface area contributed by atoms with Crippen molar-refractivity contribution in [2.75, 3.05) is 26.9 Å². The minimum atomic E-state index is -0.816. The molecule has 2 heterocycles. The highest BCUT2D eigenvalue weighted by atomic mass is 16.5. The van der Waals surface area contributed by atoms with Crippen molar-refractivity contribution in [3.63, 3.8) is 0 Å². The molecule has 7 heteroatoms.